The summed E-state index contributed by atoms with van der Waals surface area (Å²) in [5.74, 6) is 2.39. The predicted octanol–water partition coefficient (Wildman–Crippen LogP) is 9.83. The molecule has 0 bridgehead atoms. The fourth-order valence-corrected chi connectivity index (χ4v) is 6.26. The highest BCUT2D eigenvalue weighted by Crippen LogP contribution is 2.30. The fraction of sp³-hybridized carbons (Fsp3) is 0.378. The number of carboxylic acids is 1. The number of fused-ring (bicyclic) bond motifs is 2. The molecule has 4 aromatic carbocycles. The van der Waals surface area contributed by atoms with Crippen molar-refractivity contribution in [2.45, 2.75) is 78.1 Å². The van der Waals surface area contributed by atoms with Gasteiger partial charge in [0.2, 0.25) is 11.9 Å². The van der Waals surface area contributed by atoms with Crippen molar-refractivity contribution in [2.75, 3.05) is 44.0 Å². The number of benzene rings is 4. The maximum absolute atomic E-state index is 11.1. The maximum Gasteiger partial charge on any atom is 0.305 e. The summed E-state index contributed by atoms with van der Waals surface area (Å²) in [5.41, 5.74) is 5.96. The van der Waals surface area contributed by atoms with E-state index in [9.17, 15) is 9.59 Å². The fourth-order valence-electron chi connectivity index (χ4n) is 6.26. The molecular weight excluding hydrogens is 721 g/mol. The Morgan fingerprint density at radius 1 is 0.614 bits per heavy atom. The van der Waals surface area contributed by atoms with Crippen LogP contribution < -0.4 is 20.1 Å². The lowest BCUT2D eigenvalue weighted by molar-refractivity contribution is -0.141. The molecule has 0 atom stereocenters. The lowest BCUT2D eigenvalue weighted by atomic mass is 10.2. The highest BCUT2D eigenvalue weighted by atomic mass is 16.5. The second-order valence-corrected chi connectivity index (χ2v) is 13.7. The summed E-state index contributed by atoms with van der Waals surface area (Å²) in [7, 11) is 1.42. The smallest absolute Gasteiger partial charge is 0.305 e. The third-order valence-electron chi connectivity index (χ3n) is 9.17. The Labute approximate surface area is 335 Å². The third-order valence-corrected chi connectivity index (χ3v) is 9.17. The summed E-state index contributed by atoms with van der Waals surface area (Å²) in [6.45, 7) is 7.18. The van der Waals surface area contributed by atoms with Crippen molar-refractivity contribution in [2.24, 2.45) is 0 Å². The molecule has 12 heteroatoms. The summed E-state index contributed by atoms with van der Waals surface area (Å²) < 4.78 is 20.8. The summed E-state index contributed by atoms with van der Waals surface area (Å²) in [5, 5.41) is 15.5. The number of para-hydroxylation sites is 2. The van der Waals surface area contributed by atoms with E-state index in [2.05, 4.69) is 62.6 Å². The van der Waals surface area contributed by atoms with Crippen molar-refractivity contribution in [3.05, 3.63) is 97.1 Å². The topological polar surface area (TPSA) is 142 Å². The average Bonchev–Trinajstić information content (AvgIpc) is 3.79. The van der Waals surface area contributed by atoms with E-state index in [0.29, 0.717) is 26.1 Å². The minimum absolute atomic E-state index is 0.155. The van der Waals surface area contributed by atoms with Gasteiger partial charge in [0.15, 0.2) is 0 Å². The Hall–Kier alpha value is -6.04. The lowest BCUT2D eigenvalue weighted by Gasteiger charge is -2.11. The van der Waals surface area contributed by atoms with E-state index in [1.54, 1.807) is 0 Å². The molecule has 2 heterocycles. The van der Waals surface area contributed by atoms with Gasteiger partial charge in [0.05, 0.1) is 42.4 Å². The van der Waals surface area contributed by atoms with Gasteiger partial charge >= 0.3 is 11.9 Å². The molecule has 0 amide bonds. The number of aromatic nitrogens is 4. The zero-order valence-electron chi connectivity index (χ0n) is 33.4. The van der Waals surface area contributed by atoms with Gasteiger partial charge in [-0.2, -0.15) is 0 Å². The van der Waals surface area contributed by atoms with Crippen molar-refractivity contribution in [3.63, 3.8) is 0 Å². The number of rotatable bonds is 22. The normalized spacial score (nSPS) is 10.9. The minimum atomic E-state index is -0.743. The van der Waals surface area contributed by atoms with Crippen LogP contribution in [0.3, 0.4) is 0 Å². The zero-order valence-corrected chi connectivity index (χ0v) is 33.4. The summed E-state index contributed by atoms with van der Waals surface area (Å²) >= 11 is 0. The summed E-state index contributed by atoms with van der Waals surface area (Å²) in [4.78, 5) is 31.2. The first kappa shape index (κ1) is 42.1. The van der Waals surface area contributed by atoms with Crippen molar-refractivity contribution in [3.8, 4) is 22.9 Å². The van der Waals surface area contributed by atoms with Crippen molar-refractivity contribution in [1.82, 2.24) is 19.1 Å². The van der Waals surface area contributed by atoms with Crippen molar-refractivity contribution < 1.29 is 28.9 Å². The van der Waals surface area contributed by atoms with Crippen LogP contribution in [0.15, 0.2) is 97.1 Å². The number of esters is 1. The van der Waals surface area contributed by atoms with Crippen LogP contribution in [0.1, 0.15) is 78.1 Å². The van der Waals surface area contributed by atoms with Crippen LogP contribution in [0.2, 0.25) is 0 Å². The van der Waals surface area contributed by atoms with E-state index < -0.39 is 5.97 Å². The van der Waals surface area contributed by atoms with Gasteiger partial charge in [-0.05, 0) is 99.9 Å². The summed E-state index contributed by atoms with van der Waals surface area (Å²) in [6, 6.07) is 32.3. The van der Waals surface area contributed by atoms with E-state index in [-0.39, 0.29) is 12.4 Å². The Bertz CT molecular complexity index is 2130. The number of anilines is 2. The number of carbonyl (C=O) groups is 2. The molecule has 0 saturated heterocycles. The first-order valence-corrected chi connectivity index (χ1v) is 20.1. The van der Waals surface area contributed by atoms with Crippen LogP contribution in [-0.4, -0.2) is 69.6 Å². The molecule has 6 rings (SSSR count). The molecule has 2 aromatic heterocycles. The quantitative estimate of drug-likeness (QED) is 0.0451. The molecule has 3 N–H and O–H groups in total. The molecule has 6 aromatic rings. The van der Waals surface area contributed by atoms with Gasteiger partial charge in [-0.15, -0.1) is 0 Å². The number of aliphatic carboxylic acids is 1. The van der Waals surface area contributed by atoms with E-state index in [0.717, 1.165) is 115 Å². The monoisotopic (exact) mass is 776 g/mol. The van der Waals surface area contributed by atoms with E-state index in [1.165, 1.54) is 7.11 Å². The highest BCUT2D eigenvalue weighted by Gasteiger charge is 2.15. The molecule has 0 aliphatic carbocycles. The van der Waals surface area contributed by atoms with Gasteiger partial charge in [-0.1, -0.05) is 50.2 Å². The molecular formula is C45H56N6O6. The number of ether oxygens (including phenoxy) is 3. The third kappa shape index (κ3) is 12.5. The van der Waals surface area contributed by atoms with Gasteiger partial charge in [0.1, 0.15) is 11.5 Å². The van der Waals surface area contributed by atoms with Crippen LogP contribution in [-0.2, 0) is 14.3 Å². The van der Waals surface area contributed by atoms with Crippen LogP contribution >= 0.6 is 0 Å². The number of nitrogens with zero attached hydrogens (tertiary/aromatic N) is 4. The van der Waals surface area contributed by atoms with E-state index in [1.807, 2.05) is 72.8 Å². The van der Waals surface area contributed by atoms with E-state index in [4.69, 9.17) is 24.5 Å². The molecule has 12 nitrogen and oxygen atoms in total. The Morgan fingerprint density at radius 2 is 1.07 bits per heavy atom. The van der Waals surface area contributed by atoms with Crippen LogP contribution in [0.25, 0.3) is 33.4 Å². The molecule has 0 fully saturated rings. The molecule has 302 valence electrons. The zero-order chi connectivity index (χ0) is 40.2. The molecule has 0 unspecified atom stereocenters. The van der Waals surface area contributed by atoms with Gasteiger partial charge in [-0.3, -0.25) is 18.7 Å². The SMILES string of the molecule is CCCNc1nc2ccc(OCCCCCC(=O)O)cc2n1-c1ccccc1.CCCNc1nc2ccc(OCCCCCC(=O)OC)cc2n1-c1ccccc1. The second-order valence-electron chi connectivity index (χ2n) is 13.7. The molecule has 0 aliphatic heterocycles. The predicted molar refractivity (Wildman–Crippen MR) is 227 cm³/mol. The van der Waals surface area contributed by atoms with Gasteiger partial charge in [0, 0.05) is 49.4 Å². The number of hydrogen-bond donors (Lipinski definition) is 3. The number of nitrogens with one attached hydrogen (secondary N) is 2. The first-order chi connectivity index (χ1) is 27.9. The number of imidazole rings is 2. The first-order valence-electron chi connectivity index (χ1n) is 20.1. The number of carbonyl (C=O) groups excluding carboxylic acids is 1. The van der Waals surface area contributed by atoms with Gasteiger partial charge in [-0.25, -0.2) is 9.97 Å². The second kappa shape index (κ2) is 22.5. The largest absolute Gasteiger partial charge is 0.494 e. The molecule has 0 spiro atoms. The van der Waals surface area contributed by atoms with Gasteiger partial charge in [0.25, 0.3) is 0 Å². The highest BCUT2D eigenvalue weighted by molar-refractivity contribution is 5.83. The molecule has 57 heavy (non-hydrogen) atoms. The van der Waals surface area contributed by atoms with Crippen molar-refractivity contribution in [1.29, 1.82) is 0 Å². The number of unbranched alkanes of at least 4 members (excludes halogenated alkanes) is 4. The molecule has 0 radical (unpaired) electrons. The number of methoxy groups -OCH3 is 1. The Kier molecular flexibility index (Phi) is 16.6. The Balaban J connectivity index is 0.000000218. The van der Waals surface area contributed by atoms with Crippen LogP contribution in [0.5, 0.6) is 11.5 Å². The van der Waals surface area contributed by atoms with Crippen LogP contribution in [0, 0.1) is 0 Å². The molecule has 0 saturated carbocycles. The number of hydrogen-bond acceptors (Lipinski definition) is 9. The number of carboxylic acid groups (broad SMARTS) is 1. The maximum atomic E-state index is 11.1. The van der Waals surface area contributed by atoms with Crippen LogP contribution in [0.4, 0.5) is 11.9 Å². The average molecular weight is 777 g/mol. The Morgan fingerprint density at radius 3 is 1.49 bits per heavy atom. The van der Waals surface area contributed by atoms with E-state index >= 15 is 0 Å². The lowest BCUT2D eigenvalue weighted by Crippen LogP contribution is -2.07. The van der Waals surface area contributed by atoms with Crippen molar-refractivity contribution >= 4 is 45.9 Å². The van der Waals surface area contributed by atoms with Gasteiger partial charge < -0.3 is 30.0 Å². The summed E-state index contributed by atoms with van der Waals surface area (Å²) in [6.07, 6.45) is 7.76. The standard InChI is InChI=1S/C23H29N3O3.C22H27N3O3/c1-3-15-24-23-25-20-14-13-19(29-16-9-5-8-12-22(27)28-2)17-21(20)26(23)18-10-6-4-7-11-18;1-2-14-23-22-24-19-13-12-18(28-15-8-4-7-11-21(26)27)16-20(19)25(22)17-9-5-3-6-10-17/h4,6-7,10-11,13-14,17H,3,5,8-9,12,15-16H2,1-2H3,(H,24,25);3,5-6,9-10,12-13,16H,2,4,7-8,11,14-15H2,1H3,(H,23,24)(H,26,27). The minimum Gasteiger partial charge on any atom is -0.494 e. The molecule has 0 aliphatic rings.